The quantitative estimate of drug-likeness (QED) is 0.0496. The van der Waals surface area contributed by atoms with Gasteiger partial charge in [-0.2, -0.15) is 8.42 Å². The smallest absolute Gasteiger partial charge is 0.267 e. The third-order valence-electron chi connectivity index (χ3n) is 7.12. The highest BCUT2D eigenvalue weighted by molar-refractivity contribution is 7.85. The first-order chi connectivity index (χ1) is 18.8. The summed E-state index contributed by atoms with van der Waals surface area (Å²) in [7, 11) is -4.32. The van der Waals surface area contributed by atoms with Crippen LogP contribution >= 0.6 is 0 Å². The largest absolute Gasteiger partial charge is 0.387 e. The lowest BCUT2D eigenvalue weighted by molar-refractivity contribution is -0.122. The number of hydrogen-bond acceptors (Lipinski definition) is 4. The first-order valence-electron chi connectivity index (χ1n) is 16.0. The van der Waals surface area contributed by atoms with Crippen LogP contribution in [0.2, 0.25) is 0 Å². The summed E-state index contributed by atoms with van der Waals surface area (Å²) in [6.45, 7) is 4.37. The second-order valence-corrected chi connectivity index (χ2v) is 12.6. The van der Waals surface area contributed by atoms with Crippen molar-refractivity contribution in [1.29, 1.82) is 0 Å². The zero-order valence-corrected chi connectivity index (χ0v) is 26.1. The Bertz CT molecular complexity index is 720. The van der Waals surface area contributed by atoms with E-state index in [1.807, 2.05) is 0 Å². The number of rotatable bonds is 28. The minimum absolute atomic E-state index is 0.289. The Morgan fingerprint density at radius 2 is 1.08 bits per heavy atom. The van der Waals surface area contributed by atoms with Crippen LogP contribution in [-0.2, 0) is 14.9 Å². The summed E-state index contributed by atoms with van der Waals surface area (Å²) in [6, 6.07) is -1.05. The van der Waals surface area contributed by atoms with E-state index in [9.17, 15) is 22.9 Å². The number of allylic oxidation sites excluding steroid dienone is 3. The topological polar surface area (TPSA) is 104 Å². The summed E-state index contributed by atoms with van der Waals surface area (Å²) in [5.41, 5.74) is 0. The van der Waals surface area contributed by atoms with Crippen LogP contribution in [0.25, 0.3) is 0 Å². The molecular formula is C32H61NO5S. The van der Waals surface area contributed by atoms with E-state index in [1.54, 1.807) is 6.08 Å². The van der Waals surface area contributed by atoms with Gasteiger partial charge in [0, 0.05) is 6.42 Å². The van der Waals surface area contributed by atoms with E-state index < -0.39 is 28.0 Å². The van der Waals surface area contributed by atoms with Gasteiger partial charge in [0.05, 0.1) is 17.9 Å². The lowest BCUT2D eigenvalue weighted by Gasteiger charge is -2.21. The van der Waals surface area contributed by atoms with Gasteiger partial charge in [0.1, 0.15) is 0 Å². The van der Waals surface area contributed by atoms with Crippen molar-refractivity contribution in [3.05, 3.63) is 24.3 Å². The second kappa shape index (κ2) is 27.0. The molecule has 7 heteroatoms. The van der Waals surface area contributed by atoms with E-state index in [-0.39, 0.29) is 5.91 Å². The molecule has 0 aromatic heterocycles. The molecular weight excluding hydrogens is 510 g/mol. The molecule has 0 fully saturated rings. The van der Waals surface area contributed by atoms with Gasteiger partial charge in [0.15, 0.2) is 0 Å². The summed E-state index contributed by atoms with van der Waals surface area (Å²) in [6.07, 6.45) is 32.1. The van der Waals surface area contributed by atoms with Crippen LogP contribution in [0.5, 0.6) is 0 Å². The Labute approximate surface area is 241 Å². The van der Waals surface area contributed by atoms with Gasteiger partial charge in [-0.05, 0) is 44.9 Å². The third kappa shape index (κ3) is 28.2. The monoisotopic (exact) mass is 571 g/mol. The van der Waals surface area contributed by atoms with Crippen molar-refractivity contribution in [2.24, 2.45) is 0 Å². The SMILES string of the molecule is CCCCC/C=C/C(O)C(CS(=O)(=O)O)NC(=O)CCCCCCCCCCC/C=C\CCCCCCCC. The Balaban J connectivity index is 3.81. The number of nitrogens with one attached hydrogen (secondary N) is 1. The Morgan fingerprint density at radius 3 is 1.59 bits per heavy atom. The standard InChI is InChI=1S/C32H61NO5S/c1-3-5-7-9-10-11-12-13-14-15-16-17-18-19-20-21-22-24-26-28-32(35)33-30(29-39(36,37)38)31(34)27-25-23-8-6-4-2/h13-14,25,27,30-31,34H,3-12,15-24,26,28-29H2,1-2H3,(H,33,35)(H,36,37,38)/b14-13-,27-25+. The number of unbranched alkanes of at least 4 members (excludes halogenated alkanes) is 18. The number of aliphatic hydroxyl groups excluding tert-OH is 1. The molecule has 0 saturated heterocycles. The lowest BCUT2D eigenvalue weighted by Crippen LogP contribution is -2.46. The van der Waals surface area contributed by atoms with E-state index in [0.717, 1.165) is 44.9 Å². The molecule has 6 nitrogen and oxygen atoms in total. The van der Waals surface area contributed by atoms with Crippen molar-refractivity contribution >= 4 is 16.0 Å². The maximum absolute atomic E-state index is 12.3. The molecule has 0 heterocycles. The highest BCUT2D eigenvalue weighted by Crippen LogP contribution is 2.13. The van der Waals surface area contributed by atoms with Gasteiger partial charge in [0.2, 0.25) is 5.91 Å². The number of hydrogen-bond donors (Lipinski definition) is 3. The minimum atomic E-state index is -4.32. The molecule has 1 amide bonds. The second-order valence-electron chi connectivity index (χ2n) is 11.1. The molecule has 0 aliphatic heterocycles. The maximum Gasteiger partial charge on any atom is 0.267 e. The number of carbonyl (C=O) groups is 1. The predicted octanol–water partition coefficient (Wildman–Crippen LogP) is 8.45. The average molecular weight is 572 g/mol. The third-order valence-corrected chi connectivity index (χ3v) is 7.90. The lowest BCUT2D eigenvalue weighted by atomic mass is 10.0. The molecule has 0 rings (SSSR count). The van der Waals surface area contributed by atoms with Crippen molar-refractivity contribution in [3.63, 3.8) is 0 Å². The van der Waals surface area contributed by atoms with Crippen LogP contribution in [0, 0.1) is 0 Å². The molecule has 0 radical (unpaired) electrons. The average Bonchev–Trinajstić information content (AvgIpc) is 2.88. The van der Waals surface area contributed by atoms with Gasteiger partial charge >= 0.3 is 0 Å². The number of amides is 1. The first-order valence-corrected chi connectivity index (χ1v) is 17.6. The number of aliphatic hydroxyl groups is 1. The Morgan fingerprint density at radius 1 is 0.667 bits per heavy atom. The summed E-state index contributed by atoms with van der Waals surface area (Å²) < 4.78 is 31.9. The summed E-state index contributed by atoms with van der Waals surface area (Å²) in [4.78, 5) is 12.3. The molecule has 0 aromatic rings. The van der Waals surface area contributed by atoms with Crippen molar-refractivity contribution in [3.8, 4) is 0 Å². The first kappa shape index (κ1) is 37.8. The van der Waals surface area contributed by atoms with Crippen LogP contribution in [0.3, 0.4) is 0 Å². The molecule has 2 unspecified atom stereocenters. The molecule has 0 saturated carbocycles. The fourth-order valence-electron chi connectivity index (χ4n) is 4.68. The predicted molar refractivity (Wildman–Crippen MR) is 166 cm³/mol. The zero-order chi connectivity index (χ0) is 29.0. The molecule has 0 aliphatic carbocycles. The van der Waals surface area contributed by atoms with Gasteiger partial charge in [-0.15, -0.1) is 0 Å². The summed E-state index contributed by atoms with van der Waals surface area (Å²) >= 11 is 0. The van der Waals surface area contributed by atoms with E-state index in [2.05, 4.69) is 31.3 Å². The molecule has 0 aliphatic rings. The van der Waals surface area contributed by atoms with Gasteiger partial charge in [-0.3, -0.25) is 9.35 Å². The van der Waals surface area contributed by atoms with Crippen LogP contribution in [0.1, 0.15) is 155 Å². The van der Waals surface area contributed by atoms with Gasteiger partial charge in [-0.25, -0.2) is 0 Å². The number of carbonyl (C=O) groups excluding carboxylic acids is 1. The molecule has 2 atom stereocenters. The zero-order valence-electron chi connectivity index (χ0n) is 25.3. The van der Waals surface area contributed by atoms with Crippen LogP contribution in [-0.4, -0.2) is 41.9 Å². The van der Waals surface area contributed by atoms with Gasteiger partial charge < -0.3 is 10.4 Å². The fraction of sp³-hybridized carbons (Fsp3) is 0.844. The maximum atomic E-state index is 12.3. The van der Waals surface area contributed by atoms with Crippen LogP contribution < -0.4 is 5.32 Å². The van der Waals surface area contributed by atoms with Crippen molar-refractivity contribution in [2.75, 3.05) is 5.75 Å². The fourth-order valence-corrected chi connectivity index (χ4v) is 5.41. The van der Waals surface area contributed by atoms with Crippen LogP contribution in [0.4, 0.5) is 0 Å². The Kier molecular flexibility index (Phi) is 26.2. The highest BCUT2D eigenvalue weighted by atomic mass is 32.2. The minimum Gasteiger partial charge on any atom is -0.387 e. The van der Waals surface area contributed by atoms with Crippen LogP contribution in [0.15, 0.2) is 24.3 Å². The van der Waals surface area contributed by atoms with Crippen molar-refractivity contribution in [1.82, 2.24) is 5.32 Å². The van der Waals surface area contributed by atoms with Crippen molar-refractivity contribution < 1.29 is 22.9 Å². The van der Waals surface area contributed by atoms with E-state index in [1.165, 1.54) is 96.0 Å². The molecule has 0 spiro atoms. The molecule has 0 bridgehead atoms. The summed E-state index contributed by atoms with van der Waals surface area (Å²) in [5.74, 6) is -0.989. The van der Waals surface area contributed by atoms with E-state index in [0.29, 0.717) is 6.42 Å². The highest BCUT2D eigenvalue weighted by Gasteiger charge is 2.24. The summed E-state index contributed by atoms with van der Waals surface area (Å²) in [5, 5.41) is 12.9. The van der Waals surface area contributed by atoms with Crippen molar-refractivity contribution in [2.45, 2.75) is 167 Å². The molecule has 0 aromatic carbocycles. The van der Waals surface area contributed by atoms with Gasteiger partial charge in [0.25, 0.3) is 10.1 Å². The Hall–Kier alpha value is -1.18. The molecule has 230 valence electrons. The molecule has 3 N–H and O–H groups in total. The molecule has 39 heavy (non-hydrogen) atoms. The normalized spacial score (nSPS) is 13.8. The van der Waals surface area contributed by atoms with E-state index >= 15 is 0 Å². The van der Waals surface area contributed by atoms with Gasteiger partial charge in [-0.1, -0.05) is 128 Å². The van der Waals surface area contributed by atoms with E-state index in [4.69, 9.17) is 0 Å².